The summed E-state index contributed by atoms with van der Waals surface area (Å²) in [5.41, 5.74) is 10.8. The lowest BCUT2D eigenvalue weighted by Crippen LogP contribution is -2.62. The zero-order chi connectivity index (χ0) is 81.5. The van der Waals surface area contributed by atoms with E-state index in [1.807, 2.05) is 102 Å². The number of likely N-dealkylation sites (N-methyl/N-ethyl adjacent to an activating group) is 2. The fourth-order valence-corrected chi connectivity index (χ4v) is 17.6. The van der Waals surface area contributed by atoms with Crippen LogP contribution in [0.15, 0.2) is 173 Å². The Labute approximate surface area is 672 Å². The molecule has 0 bridgehead atoms. The van der Waals surface area contributed by atoms with Gasteiger partial charge < -0.3 is 51.1 Å². The molecular weight excluding hydrogens is 1480 g/mol. The highest BCUT2D eigenvalue weighted by molar-refractivity contribution is 7.86. The molecule has 24 nitrogen and oxygen atoms in total. The van der Waals surface area contributed by atoms with Crippen LogP contribution in [0, 0.1) is 0 Å². The Kier molecular flexibility index (Phi) is 28.1. The van der Waals surface area contributed by atoms with E-state index in [2.05, 4.69) is 130 Å². The highest BCUT2D eigenvalue weighted by atomic mass is 32.2. The molecule has 4 aliphatic rings. The molecule has 1 aromatic heterocycles. The molecule has 1 saturated carbocycles. The smallest absolute Gasteiger partial charge is 0.294 e. The molecule has 3 aliphatic heterocycles. The number of allylic oxidation sites excluding steroid dienone is 6. The average Bonchev–Trinajstić information content (AvgIpc) is 1.11. The third kappa shape index (κ3) is 20.1. The van der Waals surface area contributed by atoms with Crippen molar-refractivity contribution < 1.29 is 59.1 Å². The van der Waals surface area contributed by atoms with Crippen LogP contribution >= 0.6 is 0 Å². The van der Waals surface area contributed by atoms with Gasteiger partial charge >= 0.3 is 0 Å². The third-order valence-electron chi connectivity index (χ3n) is 23.2. The van der Waals surface area contributed by atoms with Gasteiger partial charge in [0, 0.05) is 180 Å². The van der Waals surface area contributed by atoms with Crippen LogP contribution in [0.5, 0.6) is 0 Å². The molecule has 1 aliphatic carbocycles. The minimum atomic E-state index is -4.50. The van der Waals surface area contributed by atoms with Crippen molar-refractivity contribution >= 4 is 106 Å². The topological polar surface area (TPSA) is 290 Å². The number of amides is 5. The first-order chi connectivity index (χ1) is 54.6. The minimum absolute atomic E-state index is 0.0847. The van der Waals surface area contributed by atoms with E-state index in [0.29, 0.717) is 102 Å². The number of hydrogen-bond acceptors (Lipinski definition) is 15. The fraction of sp³-hybridized carbons (Fsp3) is 0.455. The quantitative estimate of drug-likeness (QED) is 0.00631. The monoisotopic (exact) mass is 1590 g/mol. The van der Waals surface area contributed by atoms with Gasteiger partial charge in [0.05, 0.1) is 15.2 Å². The summed E-state index contributed by atoms with van der Waals surface area (Å²) in [7, 11) is -6.88. The summed E-state index contributed by atoms with van der Waals surface area (Å²) in [5.74, 6) is -1.51. The van der Waals surface area contributed by atoms with Gasteiger partial charge in [0.15, 0.2) is 5.71 Å². The molecule has 1 atom stereocenters. The highest BCUT2D eigenvalue weighted by Gasteiger charge is 2.46. The molecule has 4 heterocycles. The molecule has 0 unspecified atom stereocenters. The first-order valence-corrected chi connectivity index (χ1v) is 43.5. The van der Waals surface area contributed by atoms with Gasteiger partial charge in [-0.2, -0.15) is 21.4 Å². The number of nitrogens with zero attached hydrogens (tertiary/aromatic N) is 8. The molecule has 5 amide bonds. The average molecular weight is 1600 g/mol. The summed E-state index contributed by atoms with van der Waals surface area (Å²) in [5, 5.41) is 15.2. The van der Waals surface area contributed by atoms with Gasteiger partial charge in [-0.3, -0.25) is 33.1 Å². The predicted octanol–water partition coefficient (Wildman–Crippen LogP) is 11.9. The number of piperazine rings is 1. The van der Waals surface area contributed by atoms with Crippen molar-refractivity contribution in [1.82, 2.24) is 36.5 Å². The van der Waals surface area contributed by atoms with E-state index in [4.69, 9.17) is 4.98 Å². The van der Waals surface area contributed by atoms with Crippen molar-refractivity contribution in [2.24, 2.45) is 0 Å². The molecule has 2 fully saturated rings. The zero-order valence-electron chi connectivity index (χ0n) is 67.6. The number of para-hydroxylation sites is 1. The van der Waals surface area contributed by atoms with Gasteiger partial charge in [0.25, 0.3) is 26.1 Å². The molecule has 0 radical (unpaired) electrons. The molecule has 11 rings (SSSR count). The van der Waals surface area contributed by atoms with Crippen molar-refractivity contribution in [3.8, 4) is 5.69 Å². The van der Waals surface area contributed by atoms with Gasteiger partial charge in [-0.1, -0.05) is 76.5 Å². The number of carbonyl (C=O) groups is 5. The predicted molar refractivity (Wildman–Crippen MR) is 452 cm³/mol. The number of anilines is 4. The largest absolute Gasteiger partial charge is 0.374 e. The first-order valence-electron chi connectivity index (χ1n) is 40.6. The SMILES string of the molecule is CCN1CCN(c2ccc(C(=O)NC3(C(=O)N[C@@H](CCCCNC(=O)CCCN(C)c4ccc5nc6ccc(N(CC)CC)cc6[n+](-c6ccccc6)c5c4)C(=O)NCCNC(=O)CCCCC[N+]4=C(/C=C/C=C/C=C5\N(CC)c6ccc(S(=O)(=O)O)cc6C5(C)C)C(C)(C)c5cc(S(=O)(=O)O)ccc54)CCCCC3)cc2)CC1. The second-order valence-corrected chi connectivity index (χ2v) is 34.2. The number of carbonyl (C=O) groups excluding carboxylic acids is 5. The number of unbranched alkanes of at least 4 members (excludes halogenated alkanes) is 3. The molecule has 7 aromatic rings. The van der Waals surface area contributed by atoms with Crippen molar-refractivity contribution in [2.75, 3.05) is 112 Å². The molecule has 6 aromatic carbocycles. The first kappa shape index (κ1) is 85.0. The van der Waals surface area contributed by atoms with Crippen LogP contribution < -0.4 is 50.8 Å². The second-order valence-electron chi connectivity index (χ2n) is 31.3. The summed E-state index contributed by atoms with van der Waals surface area (Å²) in [4.78, 5) is 86.3. The number of benzene rings is 6. The Bertz CT molecular complexity index is 5010. The van der Waals surface area contributed by atoms with Crippen LogP contribution in [-0.4, -0.2) is 179 Å². The Hall–Kier alpha value is -9.86. The van der Waals surface area contributed by atoms with Gasteiger partial charge in [-0.15, -0.1) is 4.57 Å². The molecule has 608 valence electrons. The lowest BCUT2D eigenvalue weighted by atomic mass is 9.80. The van der Waals surface area contributed by atoms with Gasteiger partial charge in [-0.05, 0) is 183 Å². The zero-order valence-corrected chi connectivity index (χ0v) is 69.3. The number of aromatic nitrogens is 2. The van der Waals surface area contributed by atoms with Crippen LogP contribution in [0.1, 0.15) is 167 Å². The molecule has 0 spiro atoms. The fourth-order valence-electron chi connectivity index (χ4n) is 16.6. The maximum atomic E-state index is 14.8. The van der Waals surface area contributed by atoms with E-state index in [1.54, 1.807) is 24.3 Å². The number of rotatable bonds is 36. The normalized spacial score (nSPS) is 16.7. The van der Waals surface area contributed by atoms with Crippen molar-refractivity contribution in [3.05, 3.63) is 180 Å². The maximum absolute atomic E-state index is 14.8. The lowest BCUT2D eigenvalue weighted by molar-refractivity contribution is -0.538. The summed E-state index contributed by atoms with van der Waals surface area (Å²) < 4.78 is 73.3. The minimum Gasteiger partial charge on any atom is -0.374 e. The molecule has 26 heteroatoms. The lowest BCUT2D eigenvalue weighted by Gasteiger charge is -2.38. The van der Waals surface area contributed by atoms with Gasteiger partial charge in [-0.25, -0.2) is 4.98 Å². The molecular formula is C88H115N13O11S2+2. The van der Waals surface area contributed by atoms with Crippen LogP contribution in [0.4, 0.5) is 28.4 Å². The Morgan fingerprint density at radius 1 is 0.623 bits per heavy atom. The van der Waals surface area contributed by atoms with E-state index in [0.717, 1.165) is 131 Å². The molecule has 114 heavy (non-hydrogen) atoms. The van der Waals surface area contributed by atoms with E-state index in [1.165, 1.54) is 24.3 Å². The van der Waals surface area contributed by atoms with E-state index in [-0.39, 0.29) is 53.4 Å². The van der Waals surface area contributed by atoms with Crippen LogP contribution in [0.25, 0.3) is 27.8 Å². The van der Waals surface area contributed by atoms with Crippen LogP contribution in [0.3, 0.4) is 0 Å². The van der Waals surface area contributed by atoms with Gasteiger partial charge in [0.1, 0.15) is 29.2 Å². The van der Waals surface area contributed by atoms with Gasteiger partial charge in [0.2, 0.25) is 46.0 Å². The standard InChI is InChI=1S/C88H113N13O11S2/c1-10-96-55-57-98(58-56-96)64-38-36-63(37-39-64)83(104)94-88(48-24-17-25-49-88)85(106)93-74(31-23-26-50-89-82(103)35-28-53-95(9)66-40-44-72-77(59-66)101(65-29-18-14-19-30-65)78-60-67(97(11-2)12-3)41-45-73(78)92-72)84(105)91-52-51-90-81(102)34-22-16-27-54-100-76-47-43-69(114(110,111)112)62-71(76)87(7,8)80(100)33-21-15-20-32-79-86(5,6)70-61-68(113(107,108)109)42-46-75(70)99(79)13-4/h14-15,18-21,29-30,32-33,36-47,59-62,74H,10-13,16-17,22-28,31,34-35,48-58H2,1-9H3,(H5-2,89,90,91,93,94,102,103,104,105,106,107,108,109,110,111,112)/p+2/t74-/m0/s1. The number of fused-ring (bicyclic) bond motifs is 4. The highest BCUT2D eigenvalue weighted by Crippen LogP contribution is 2.49. The van der Waals surface area contributed by atoms with Crippen LogP contribution in [0.2, 0.25) is 0 Å². The Morgan fingerprint density at radius 3 is 1.91 bits per heavy atom. The number of hydrogen-bond donors (Lipinski definition) is 7. The molecule has 7 N–H and O–H groups in total. The van der Waals surface area contributed by atoms with Crippen molar-refractivity contribution in [2.45, 2.75) is 177 Å². The van der Waals surface area contributed by atoms with E-state index in [9.17, 15) is 49.9 Å². The summed E-state index contributed by atoms with van der Waals surface area (Å²) >= 11 is 0. The summed E-state index contributed by atoms with van der Waals surface area (Å²) in [6.07, 6.45) is 17.1. The molecule has 1 saturated heterocycles. The van der Waals surface area contributed by atoms with Crippen molar-refractivity contribution in [1.29, 1.82) is 0 Å². The third-order valence-corrected chi connectivity index (χ3v) is 24.9. The number of nitrogens with one attached hydrogen (secondary N) is 5. The van der Waals surface area contributed by atoms with E-state index < -0.39 is 54.5 Å². The summed E-state index contributed by atoms with van der Waals surface area (Å²) in [6, 6.07) is 38.9. The maximum Gasteiger partial charge on any atom is 0.294 e. The Morgan fingerprint density at radius 2 is 1.25 bits per heavy atom. The Balaban J connectivity index is 0.693. The van der Waals surface area contributed by atoms with Crippen molar-refractivity contribution in [3.63, 3.8) is 0 Å². The second kappa shape index (κ2) is 37.6. The van der Waals surface area contributed by atoms with Crippen LogP contribution in [-0.2, 0) is 50.2 Å². The van der Waals surface area contributed by atoms with E-state index >= 15 is 0 Å². The summed E-state index contributed by atoms with van der Waals surface area (Å²) in [6.45, 7) is 25.4.